The number of halogens is 5. The van der Waals surface area contributed by atoms with Crippen LogP contribution in [-0.4, -0.2) is 164 Å². The van der Waals surface area contributed by atoms with E-state index in [1.165, 1.54) is 11.8 Å². The lowest BCUT2D eigenvalue weighted by atomic mass is 9.66. The first-order valence-electron chi connectivity index (χ1n) is 35.4. The van der Waals surface area contributed by atoms with Crippen LogP contribution < -0.4 is 28.4 Å². The van der Waals surface area contributed by atoms with Crippen LogP contribution >= 0.6 is 11.8 Å². The molecule has 4 aromatic carbocycles. The fraction of sp³-hybridized carbons (Fsp3) is 0.632. The van der Waals surface area contributed by atoms with E-state index in [1.807, 2.05) is 84.9 Å². The molecule has 0 spiro atoms. The lowest BCUT2D eigenvalue weighted by Gasteiger charge is -2.43. The molecule has 0 N–H and O–H groups in total. The summed E-state index contributed by atoms with van der Waals surface area (Å²) >= 11 is 1.26. The van der Waals surface area contributed by atoms with Crippen molar-refractivity contribution in [2.75, 3.05) is 120 Å². The zero-order valence-electron chi connectivity index (χ0n) is 62.0. The zero-order chi connectivity index (χ0) is 76.5. The minimum absolute atomic E-state index is 0.0196. The topological polar surface area (TPSA) is 241 Å². The fourth-order valence-corrected chi connectivity index (χ4v) is 14.5. The molecule has 0 radical (unpaired) electrons. The lowest BCUT2D eigenvalue weighted by Crippen LogP contribution is -2.42. The number of carbonyl (C=O) groups is 4. The number of fused-ring (bicyclic) bond motifs is 2. The molecular weight excluding hydrogens is 1410 g/mol. The number of hydrogen-bond donors (Lipinski definition) is 0. The zero-order valence-corrected chi connectivity index (χ0v) is 63.7. The van der Waals surface area contributed by atoms with Gasteiger partial charge in [0.05, 0.1) is 52.5 Å². The van der Waals surface area contributed by atoms with Crippen LogP contribution in [0.2, 0.25) is 0 Å². The van der Waals surface area contributed by atoms with Gasteiger partial charge in [0.2, 0.25) is 0 Å². The summed E-state index contributed by atoms with van der Waals surface area (Å²) in [6.07, 6.45) is 0.0309. The van der Waals surface area contributed by atoms with Gasteiger partial charge in [-0.2, -0.15) is 42.1 Å². The van der Waals surface area contributed by atoms with E-state index in [9.17, 15) is 49.5 Å². The Morgan fingerprint density at radius 1 is 0.471 bits per heavy atom. The van der Waals surface area contributed by atoms with Gasteiger partial charge in [-0.3, -0.25) is 23.4 Å². The maximum Gasteiger partial charge on any atom is 0.453 e. The number of rotatable bonds is 47. The highest BCUT2D eigenvalue weighted by molar-refractivity contribution is 7.99. The van der Waals surface area contributed by atoms with E-state index in [0.717, 1.165) is 40.7 Å². The van der Waals surface area contributed by atoms with Gasteiger partial charge in [-0.05, 0) is 162 Å². The van der Waals surface area contributed by atoms with Crippen molar-refractivity contribution >= 4 is 45.8 Å². The number of ether oxygens (including phenoxy) is 14. The molecule has 0 saturated carbocycles. The second-order valence-corrected chi connectivity index (χ2v) is 28.9. The van der Waals surface area contributed by atoms with Gasteiger partial charge in [0, 0.05) is 69.7 Å². The van der Waals surface area contributed by atoms with Crippen LogP contribution in [0.5, 0.6) is 34.5 Å². The molecule has 6 rings (SSSR count). The average Bonchev–Trinajstić information content (AvgIpc) is 0.757. The summed E-state index contributed by atoms with van der Waals surface area (Å²) in [4.78, 5) is 54.0. The van der Waals surface area contributed by atoms with Crippen LogP contribution in [0, 0.1) is 10.8 Å². The summed E-state index contributed by atoms with van der Waals surface area (Å²) < 4.78 is 169. The Bertz CT molecular complexity index is 3320. The standard InChI is InChI=1S/C40H55F5O9S.C36H52O12S/c1-6-50-35(46)38(36(47)51-7-2,21-10-11-23-55-24-12-22-39(41,42)40(43,44)45)20-9-8-13-33-32-19-18-31(54-28-49-5)25-34(32)52-26-37(33,3)29-14-16-30(17-15-29)53-27-48-4;1-7-43-33(37)36(34(38)44-8-2,21-11-12-22-48-49(6,39)40)20-10-9-13-31-30-19-18-29(47-26-42-5)23-32(30)45-24-35(31,3)27-14-16-28(17-15-27)46-25-41-4/h14-19,25,33H,6-13,20-24,26-28H2,1-5H3;14-19,23,31H,7-13,20-22,24-26H2,1-6H3/t33-,37-;31-,35-/m11/s1. The summed E-state index contributed by atoms with van der Waals surface area (Å²) in [5, 5.41) is 0. The first-order valence-corrected chi connectivity index (χ1v) is 38.4. The summed E-state index contributed by atoms with van der Waals surface area (Å²) in [5.74, 6) is -2.63. The summed E-state index contributed by atoms with van der Waals surface area (Å²) in [6.45, 7) is 12.7. The molecule has 4 aromatic rings. The SMILES string of the molecule is CCOC(=O)C(CCCCOS(C)(=O)=O)(CCCC[C@@H]1c2ccc(OCOC)cc2OC[C@]1(C)c1ccc(OCOC)cc1)C(=O)OCC.CCOC(=O)C(CCCCSCCCC(F)(F)C(F)(F)F)(CCCC[C@@H]1c2ccc(OCOC)cc2OC[C@]1(C)c1ccc(OCOC)cc1)C(=O)OCC. The van der Waals surface area contributed by atoms with Crippen LogP contribution in [0.1, 0.15) is 178 Å². The van der Waals surface area contributed by atoms with E-state index < -0.39 is 74.2 Å². The Morgan fingerprint density at radius 3 is 1.15 bits per heavy atom. The van der Waals surface area contributed by atoms with E-state index in [4.69, 9.17) is 70.5 Å². The quantitative estimate of drug-likeness (QED) is 0.00759. The van der Waals surface area contributed by atoms with Gasteiger partial charge in [0.15, 0.2) is 38.0 Å². The minimum atomic E-state index is -5.56. The van der Waals surface area contributed by atoms with Crippen molar-refractivity contribution in [3.63, 3.8) is 0 Å². The maximum absolute atomic E-state index is 13.6. The molecule has 0 aromatic heterocycles. The predicted molar refractivity (Wildman–Crippen MR) is 381 cm³/mol. The van der Waals surface area contributed by atoms with Gasteiger partial charge >= 0.3 is 36.0 Å². The highest BCUT2D eigenvalue weighted by Crippen LogP contribution is 2.53. The van der Waals surface area contributed by atoms with E-state index in [1.54, 1.807) is 56.1 Å². The van der Waals surface area contributed by atoms with Crippen molar-refractivity contribution in [2.24, 2.45) is 10.8 Å². The molecule has 2 heterocycles. The molecule has 21 nitrogen and oxygen atoms in total. The van der Waals surface area contributed by atoms with Crippen molar-refractivity contribution in [3.05, 3.63) is 107 Å². The second kappa shape index (κ2) is 43.2. The Kier molecular flexibility index (Phi) is 36.5. The summed E-state index contributed by atoms with van der Waals surface area (Å²) in [7, 11) is 2.64. The van der Waals surface area contributed by atoms with Gasteiger partial charge in [-0.15, -0.1) is 0 Å². The number of methoxy groups -OCH3 is 4. The van der Waals surface area contributed by atoms with E-state index >= 15 is 0 Å². The molecule has 584 valence electrons. The van der Waals surface area contributed by atoms with E-state index in [2.05, 4.69) is 13.8 Å². The van der Waals surface area contributed by atoms with Crippen molar-refractivity contribution in [2.45, 2.75) is 179 Å². The molecule has 0 aliphatic carbocycles. The van der Waals surface area contributed by atoms with Gasteiger partial charge in [0.25, 0.3) is 10.1 Å². The van der Waals surface area contributed by atoms with Gasteiger partial charge in [0.1, 0.15) is 34.5 Å². The monoisotopic (exact) mass is 1510 g/mol. The molecular formula is C76H107F5O21S2. The third-order valence-electron chi connectivity index (χ3n) is 18.7. The Balaban J connectivity index is 0.000000376. The molecule has 0 unspecified atom stereocenters. The number of carbonyl (C=O) groups excluding carboxylic acids is 4. The van der Waals surface area contributed by atoms with Crippen LogP contribution in [0.3, 0.4) is 0 Å². The highest BCUT2D eigenvalue weighted by Gasteiger charge is 2.57. The van der Waals surface area contributed by atoms with Crippen LogP contribution in [0.25, 0.3) is 0 Å². The molecule has 4 atom stereocenters. The Labute approximate surface area is 614 Å². The highest BCUT2D eigenvalue weighted by atomic mass is 32.2. The molecule has 2 aliphatic rings. The van der Waals surface area contributed by atoms with Crippen molar-refractivity contribution < 1.29 is 120 Å². The third-order valence-corrected chi connectivity index (χ3v) is 20.5. The lowest BCUT2D eigenvalue weighted by molar-refractivity contribution is -0.284. The number of esters is 4. The number of thioether (sulfide) groups is 1. The third kappa shape index (κ3) is 25.2. The Hall–Kier alpha value is -6.69. The number of hydrogen-bond acceptors (Lipinski definition) is 22. The molecule has 0 amide bonds. The summed E-state index contributed by atoms with van der Waals surface area (Å²) in [5.41, 5.74) is 0.227. The molecule has 0 bridgehead atoms. The minimum Gasteiger partial charge on any atom is -0.492 e. The van der Waals surface area contributed by atoms with Crippen molar-refractivity contribution in [1.29, 1.82) is 0 Å². The second-order valence-electron chi connectivity index (χ2n) is 26.1. The molecule has 0 saturated heterocycles. The van der Waals surface area contributed by atoms with Gasteiger partial charge in [-0.1, -0.05) is 82.3 Å². The normalized spacial score (nSPS) is 17.3. The molecule has 2 aliphatic heterocycles. The number of alkyl halides is 5. The predicted octanol–water partition coefficient (Wildman–Crippen LogP) is 15.5. The van der Waals surface area contributed by atoms with Gasteiger partial charge in [-0.25, -0.2) is 0 Å². The first-order chi connectivity index (χ1) is 49.6. The van der Waals surface area contributed by atoms with E-state index in [0.29, 0.717) is 106 Å². The van der Waals surface area contributed by atoms with E-state index in [-0.39, 0.29) is 110 Å². The van der Waals surface area contributed by atoms with Crippen molar-refractivity contribution in [3.8, 4) is 34.5 Å². The van der Waals surface area contributed by atoms with Crippen molar-refractivity contribution in [1.82, 2.24) is 0 Å². The maximum atomic E-state index is 13.6. The summed E-state index contributed by atoms with van der Waals surface area (Å²) in [6, 6.07) is 27.3. The average molecular weight is 1520 g/mol. The molecule has 104 heavy (non-hydrogen) atoms. The molecule has 0 fully saturated rings. The first kappa shape index (κ1) is 87.9. The number of benzene rings is 4. The largest absolute Gasteiger partial charge is 0.492 e. The van der Waals surface area contributed by atoms with Crippen LogP contribution in [0.15, 0.2) is 84.9 Å². The smallest absolute Gasteiger partial charge is 0.453 e. The van der Waals surface area contributed by atoms with Crippen LogP contribution in [0.4, 0.5) is 22.0 Å². The van der Waals surface area contributed by atoms with Crippen LogP contribution in [-0.2, 0) is 82.2 Å². The molecule has 28 heteroatoms. The Morgan fingerprint density at radius 2 is 0.808 bits per heavy atom. The fourth-order valence-electron chi connectivity index (χ4n) is 13.1. The number of unbranched alkanes of at least 4 members (excludes halogenated alkanes) is 4. The van der Waals surface area contributed by atoms with Gasteiger partial charge < -0.3 is 66.3 Å².